The van der Waals surface area contributed by atoms with Crippen LogP contribution in [0, 0.1) is 5.82 Å². The number of rotatable bonds is 6. The first-order valence-corrected chi connectivity index (χ1v) is 7.68. The zero-order chi connectivity index (χ0) is 17.4. The number of hydrogen-bond acceptors (Lipinski definition) is 3. The number of anilines is 1. The van der Waals surface area contributed by atoms with Crippen molar-refractivity contribution in [3.8, 4) is 11.5 Å². The Kier molecular flexibility index (Phi) is 9.04. The molecule has 0 bridgehead atoms. The van der Waals surface area contributed by atoms with E-state index in [0.29, 0.717) is 24.0 Å². The Labute approximate surface area is 164 Å². The van der Waals surface area contributed by atoms with Gasteiger partial charge in [-0.2, -0.15) is 0 Å². The summed E-state index contributed by atoms with van der Waals surface area (Å²) < 4.78 is 23.5. The molecule has 2 rings (SSSR count). The van der Waals surface area contributed by atoms with Gasteiger partial charge < -0.3 is 20.1 Å². The number of methoxy groups -OCH3 is 2. The number of ether oxygens (including phenoxy) is 2. The summed E-state index contributed by atoms with van der Waals surface area (Å²) in [5.41, 5.74) is 1.76. The van der Waals surface area contributed by atoms with Crippen molar-refractivity contribution in [2.75, 3.05) is 26.1 Å². The molecule has 0 unspecified atom stereocenters. The molecule has 7 heteroatoms. The fourth-order valence-electron chi connectivity index (χ4n) is 2.12. The highest BCUT2D eigenvalue weighted by atomic mass is 127. The number of hydrogen-bond donors (Lipinski definition) is 2. The molecule has 25 heavy (non-hydrogen) atoms. The highest BCUT2D eigenvalue weighted by Gasteiger charge is 2.06. The Morgan fingerprint density at radius 3 is 2.32 bits per heavy atom. The van der Waals surface area contributed by atoms with Crippen LogP contribution in [0.2, 0.25) is 0 Å². The summed E-state index contributed by atoms with van der Waals surface area (Å²) >= 11 is 0. The van der Waals surface area contributed by atoms with Crippen molar-refractivity contribution in [2.24, 2.45) is 4.99 Å². The van der Waals surface area contributed by atoms with Gasteiger partial charge >= 0.3 is 0 Å². The predicted molar refractivity (Wildman–Crippen MR) is 110 cm³/mol. The zero-order valence-corrected chi connectivity index (χ0v) is 16.8. The Balaban J connectivity index is 0.00000312. The van der Waals surface area contributed by atoms with E-state index in [2.05, 4.69) is 15.6 Å². The predicted octanol–water partition coefficient (Wildman–Crippen LogP) is 4.04. The first-order chi connectivity index (χ1) is 11.7. The second-order valence-electron chi connectivity index (χ2n) is 5.02. The van der Waals surface area contributed by atoms with Crippen LogP contribution in [0.3, 0.4) is 0 Å². The zero-order valence-electron chi connectivity index (χ0n) is 14.5. The molecule has 2 aromatic rings. The average Bonchev–Trinajstić information content (AvgIpc) is 2.61. The van der Waals surface area contributed by atoms with E-state index in [4.69, 9.17) is 9.47 Å². The van der Waals surface area contributed by atoms with Crippen molar-refractivity contribution in [2.45, 2.75) is 13.5 Å². The van der Waals surface area contributed by atoms with Gasteiger partial charge in [-0.05, 0) is 36.8 Å². The quantitative estimate of drug-likeness (QED) is 0.389. The van der Waals surface area contributed by atoms with Crippen LogP contribution < -0.4 is 20.1 Å². The SMILES string of the molecule is CCNC(=NCc1ccc(F)cc1)Nc1ccc(OC)c(OC)c1.I. The van der Waals surface area contributed by atoms with Gasteiger partial charge in [-0.3, -0.25) is 0 Å². The van der Waals surface area contributed by atoms with E-state index in [-0.39, 0.29) is 29.8 Å². The van der Waals surface area contributed by atoms with Crippen LogP contribution in [0.4, 0.5) is 10.1 Å². The highest BCUT2D eigenvalue weighted by Crippen LogP contribution is 2.29. The molecule has 0 aromatic heterocycles. The van der Waals surface area contributed by atoms with Gasteiger partial charge in [-0.25, -0.2) is 9.38 Å². The normalized spacial score (nSPS) is 10.6. The molecule has 0 aliphatic rings. The monoisotopic (exact) mass is 459 g/mol. The van der Waals surface area contributed by atoms with Crippen molar-refractivity contribution in [1.29, 1.82) is 0 Å². The van der Waals surface area contributed by atoms with E-state index in [1.54, 1.807) is 26.4 Å². The standard InChI is InChI=1S/C18H22FN3O2.HI/c1-4-20-18(21-12-13-5-7-14(19)8-6-13)22-15-9-10-16(23-2)17(11-15)24-3;/h5-11H,4,12H2,1-3H3,(H2,20,21,22);1H. The van der Waals surface area contributed by atoms with Crippen LogP contribution in [0.25, 0.3) is 0 Å². The van der Waals surface area contributed by atoms with Crippen LogP contribution in [0.5, 0.6) is 11.5 Å². The number of guanidine groups is 1. The van der Waals surface area contributed by atoms with Crippen molar-refractivity contribution >= 4 is 35.6 Å². The van der Waals surface area contributed by atoms with Gasteiger partial charge in [0.1, 0.15) is 5.82 Å². The Morgan fingerprint density at radius 2 is 1.72 bits per heavy atom. The van der Waals surface area contributed by atoms with Crippen LogP contribution in [0.15, 0.2) is 47.5 Å². The van der Waals surface area contributed by atoms with Crippen LogP contribution in [-0.2, 0) is 6.54 Å². The van der Waals surface area contributed by atoms with Crippen LogP contribution in [0.1, 0.15) is 12.5 Å². The van der Waals surface area contributed by atoms with Crippen LogP contribution in [-0.4, -0.2) is 26.7 Å². The maximum absolute atomic E-state index is 12.9. The third kappa shape index (κ3) is 6.41. The molecular weight excluding hydrogens is 436 g/mol. The Morgan fingerprint density at radius 1 is 1.04 bits per heavy atom. The lowest BCUT2D eigenvalue weighted by molar-refractivity contribution is 0.355. The summed E-state index contributed by atoms with van der Waals surface area (Å²) in [6, 6.07) is 11.8. The molecule has 136 valence electrons. The number of nitrogens with zero attached hydrogens (tertiary/aromatic N) is 1. The molecule has 0 aliphatic heterocycles. The molecule has 0 atom stereocenters. The average molecular weight is 459 g/mol. The number of nitrogens with one attached hydrogen (secondary N) is 2. The Hall–Kier alpha value is -2.03. The first kappa shape index (κ1) is 21.0. The largest absolute Gasteiger partial charge is 0.493 e. The third-order valence-corrected chi connectivity index (χ3v) is 3.32. The molecule has 0 fully saturated rings. The van der Waals surface area contributed by atoms with Gasteiger partial charge in [0.15, 0.2) is 17.5 Å². The summed E-state index contributed by atoms with van der Waals surface area (Å²) in [5, 5.41) is 6.39. The van der Waals surface area contributed by atoms with Gasteiger partial charge in [0.05, 0.1) is 20.8 Å². The lowest BCUT2D eigenvalue weighted by Crippen LogP contribution is -2.30. The third-order valence-electron chi connectivity index (χ3n) is 3.32. The second kappa shape index (κ2) is 10.8. The van der Waals surface area contributed by atoms with Crippen molar-refractivity contribution in [3.63, 3.8) is 0 Å². The van der Waals surface area contributed by atoms with Crippen molar-refractivity contribution < 1.29 is 13.9 Å². The van der Waals surface area contributed by atoms with E-state index in [1.165, 1.54) is 12.1 Å². The van der Waals surface area contributed by atoms with E-state index in [9.17, 15) is 4.39 Å². The van der Waals surface area contributed by atoms with E-state index in [0.717, 1.165) is 17.8 Å². The van der Waals surface area contributed by atoms with Gasteiger partial charge in [-0.15, -0.1) is 24.0 Å². The topological polar surface area (TPSA) is 54.9 Å². The van der Waals surface area contributed by atoms with Crippen molar-refractivity contribution in [1.82, 2.24) is 5.32 Å². The molecule has 0 amide bonds. The summed E-state index contributed by atoms with van der Waals surface area (Å²) in [7, 11) is 3.19. The molecule has 0 heterocycles. The first-order valence-electron chi connectivity index (χ1n) is 7.68. The lowest BCUT2D eigenvalue weighted by atomic mass is 10.2. The molecule has 0 spiro atoms. The minimum Gasteiger partial charge on any atom is -0.493 e. The molecular formula is C18H23FIN3O2. The maximum atomic E-state index is 12.9. The summed E-state index contributed by atoms with van der Waals surface area (Å²) in [6.45, 7) is 3.16. The molecule has 2 aromatic carbocycles. The van der Waals surface area contributed by atoms with E-state index >= 15 is 0 Å². The molecule has 0 aliphatic carbocycles. The maximum Gasteiger partial charge on any atom is 0.196 e. The highest BCUT2D eigenvalue weighted by molar-refractivity contribution is 14.0. The molecule has 2 N–H and O–H groups in total. The van der Waals surface area contributed by atoms with Gasteiger partial charge in [0.2, 0.25) is 0 Å². The van der Waals surface area contributed by atoms with Crippen molar-refractivity contribution in [3.05, 3.63) is 53.8 Å². The number of aliphatic imine (C=N–C) groups is 1. The van der Waals surface area contributed by atoms with Gasteiger partial charge in [-0.1, -0.05) is 12.1 Å². The fourth-order valence-corrected chi connectivity index (χ4v) is 2.12. The fraction of sp³-hybridized carbons (Fsp3) is 0.278. The molecule has 0 saturated heterocycles. The smallest absolute Gasteiger partial charge is 0.196 e. The summed E-state index contributed by atoms with van der Waals surface area (Å²) in [5.74, 6) is 1.68. The minimum absolute atomic E-state index is 0. The minimum atomic E-state index is -0.252. The van der Waals surface area contributed by atoms with E-state index < -0.39 is 0 Å². The van der Waals surface area contributed by atoms with Crippen LogP contribution >= 0.6 is 24.0 Å². The van der Waals surface area contributed by atoms with E-state index in [1.807, 2.05) is 25.1 Å². The second-order valence-corrected chi connectivity index (χ2v) is 5.02. The molecule has 0 radical (unpaired) electrons. The van der Waals surface area contributed by atoms with Gasteiger partial charge in [0, 0.05) is 18.3 Å². The summed E-state index contributed by atoms with van der Waals surface area (Å²) in [4.78, 5) is 4.51. The summed E-state index contributed by atoms with van der Waals surface area (Å²) in [6.07, 6.45) is 0. The van der Waals surface area contributed by atoms with Gasteiger partial charge in [0.25, 0.3) is 0 Å². The Bertz CT molecular complexity index is 693. The molecule has 0 saturated carbocycles. The molecule has 5 nitrogen and oxygen atoms in total. The number of halogens is 2. The number of benzene rings is 2. The lowest BCUT2D eigenvalue weighted by Gasteiger charge is -2.13.